The number of fused-ring (bicyclic) bond motifs is 3. The summed E-state index contributed by atoms with van der Waals surface area (Å²) < 4.78 is 6.01. The average Bonchev–Trinajstić information content (AvgIpc) is 2.90. The number of furan rings is 1. The molecule has 0 bridgehead atoms. The predicted molar refractivity (Wildman–Crippen MR) is 91.0 cm³/mol. The summed E-state index contributed by atoms with van der Waals surface area (Å²) in [6.45, 7) is 5.63. The summed E-state index contributed by atoms with van der Waals surface area (Å²) in [4.78, 5) is 20.5. The Morgan fingerprint density at radius 3 is 2.60 bits per heavy atom. The highest BCUT2D eigenvalue weighted by Crippen LogP contribution is 2.36. The fourth-order valence-corrected chi connectivity index (χ4v) is 3.10. The lowest BCUT2D eigenvalue weighted by molar-refractivity contribution is -0.914. The van der Waals surface area contributed by atoms with Gasteiger partial charge in [0.25, 0.3) is 0 Å². The summed E-state index contributed by atoms with van der Waals surface area (Å²) >= 11 is 0. The van der Waals surface area contributed by atoms with Gasteiger partial charge in [0.1, 0.15) is 17.4 Å². The van der Waals surface area contributed by atoms with Gasteiger partial charge in [-0.05, 0) is 38.1 Å². The van der Waals surface area contributed by atoms with Crippen molar-refractivity contribution >= 4 is 28.6 Å². The van der Waals surface area contributed by atoms with Crippen molar-refractivity contribution in [3.8, 4) is 0 Å². The van der Waals surface area contributed by atoms with Crippen LogP contribution < -0.4 is 15.7 Å². The predicted octanol–water partition coefficient (Wildman–Crippen LogP) is 0.0849. The molecule has 0 saturated carbocycles. The Labute approximate surface area is 145 Å². The van der Waals surface area contributed by atoms with E-state index in [1.807, 2.05) is 18.2 Å². The quantitative estimate of drug-likeness (QED) is 0.523. The molecule has 1 aromatic carbocycles. The average molecular weight is 346 g/mol. The van der Waals surface area contributed by atoms with Gasteiger partial charge in [-0.2, -0.15) is 0 Å². The van der Waals surface area contributed by atoms with Gasteiger partial charge in [0, 0.05) is 17.1 Å². The van der Waals surface area contributed by atoms with E-state index in [4.69, 9.17) is 15.3 Å². The zero-order valence-corrected chi connectivity index (χ0v) is 14.4. The number of hydrogen-bond acceptors (Lipinski definition) is 5. The van der Waals surface area contributed by atoms with Crippen molar-refractivity contribution in [3.63, 3.8) is 0 Å². The van der Waals surface area contributed by atoms with Crippen molar-refractivity contribution in [2.75, 3.05) is 19.3 Å². The number of nitrogens with two attached hydrogens (primary N) is 1. The summed E-state index contributed by atoms with van der Waals surface area (Å²) in [7, 11) is 2.25. The molecule has 0 fully saturated rings. The molecule has 7 nitrogen and oxygen atoms in total. The first kappa shape index (κ1) is 18.5. The molecule has 0 aliphatic carbocycles. The molecule has 1 aromatic heterocycles. The standard InChI is InChI=1S/C14H18N2O.C4H4O4/c1-8-7-16(3)9(2)13-11-6-10(15)4-5-12(11)17-14(8)13;5-3(6)1-2-4(7)8/h4-6,8-9H,7,15H2,1-3H3;1-2H,(H,5,6)(H,7,8)/b;2-1-. The molecule has 1 aliphatic rings. The van der Waals surface area contributed by atoms with Crippen LogP contribution in [0.15, 0.2) is 34.8 Å². The van der Waals surface area contributed by atoms with Gasteiger partial charge in [0.2, 0.25) is 0 Å². The monoisotopic (exact) mass is 346 g/mol. The maximum Gasteiger partial charge on any atom is 0.328 e. The number of nitrogens with one attached hydrogen (secondary N) is 1. The third-order valence-electron chi connectivity index (χ3n) is 4.39. The number of carbonyl (C=O) groups is 2. The Kier molecular flexibility index (Phi) is 5.48. The molecule has 0 saturated heterocycles. The number of carbonyl (C=O) groups excluding carboxylic acids is 1. The lowest BCUT2D eigenvalue weighted by atomic mass is 9.92. The molecule has 0 radical (unpaired) electrons. The van der Waals surface area contributed by atoms with Gasteiger partial charge in [0.05, 0.1) is 31.0 Å². The molecule has 2 aromatic rings. The molecular formula is C18H22N2O5. The van der Waals surface area contributed by atoms with E-state index in [1.165, 1.54) is 15.8 Å². The second kappa shape index (κ2) is 7.40. The van der Waals surface area contributed by atoms with E-state index in [-0.39, 0.29) is 0 Å². The first-order valence-corrected chi connectivity index (χ1v) is 7.96. The van der Waals surface area contributed by atoms with E-state index >= 15 is 0 Å². The van der Waals surface area contributed by atoms with Gasteiger partial charge in [-0.3, -0.25) is 0 Å². The van der Waals surface area contributed by atoms with Crippen molar-refractivity contribution in [1.29, 1.82) is 0 Å². The first-order chi connectivity index (χ1) is 11.7. The molecule has 25 heavy (non-hydrogen) atoms. The SMILES string of the molecule is CC1C[NH+](C)C(C)c2c1oc1ccc(N)cc21.O=C([O-])/C=C\C(=O)O. The van der Waals surface area contributed by atoms with E-state index in [9.17, 15) is 14.7 Å². The van der Waals surface area contributed by atoms with E-state index in [0.717, 1.165) is 23.6 Å². The van der Waals surface area contributed by atoms with Crippen LogP contribution in [0.1, 0.15) is 37.1 Å². The van der Waals surface area contributed by atoms with E-state index in [0.29, 0.717) is 24.1 Å². The minimum Gasteiger partial charge on any atom is -0.545 e. The number of aliphatic carboxylic acids is 2. The number of nitrogen functional groups attached to an aromatic ring is 1. The first-order valence-electron chi connectivity index (χ1n) is 7.96. The van der Waals surface area contributed by atoms with Crippen molar-refractivity contribution in [2.45, 2.75) is 25.8 Å². The third-order valence-corrected chi connectivity index (χ3v) is 4.39. The number of likely N-dealkylation sites (N-methyl/N-ethyl adjacent to an activating group) is 1. The van der Waals surface area contributed by atoms with Gasteiger partial charge in [0.15, 0.2) is 0 Å². The largest absolute Gasteiger partial charge is 0.545 e. The van der Waals surface area contributed by atoms with Crippen LogP contribution in [0, 0.1) is 0 Å². The molecule has 3 atom stereocenters. The number of quaternary nitrogens is 1. The fraction of sp³-hybridized carbons (Fsp3) is 0.333. The van der Waals surface area contributed by atoms with Gasteiger partial charge in [-0.1, -0.05) is 0 Å². The van der Waals surface area contributed by atoms with Crippen LogP contribution in [0.25, 0.3) is 11.0 Å². The number of hydrogen-bond donors (Lipinski definition) is 3. The molecule has 0 amide bonds. The second-order valence-corrected chi connectivity index (χ2v) is 6.30. The minimum atomic E-state index is -1.51. The summed E-state index contributed by atoms with van der Waals surface area (Å²) in [5, 5.41) is 18.4. The van der Waals surface area contributed by atoms with E-state index in [2.05, 4.69) is 20.9 Å². The summed E-state index contributed by atoms with van der Waals surface area (Å²) in [6.07, 6.45) is 0.942. The van der Waals surface area contributed by atoms with Crippen LogP contribution in [0.3, 0.4) is 0 Å². The van der Waals surface area contributed by atoms with Crippen LogP contribution in [-0.2, 0) is 9.59 Å². The number of carboxylic acid groups (broad SMARTS) is 2. The molecule has 3 unspecified atom stereocenters. The summed E-state index contributed by atoms with van der Waals surface area (Å²) in [5.74, 6) is -1.17. The smallest absolute Gasteiger partial charge is 0.328 e. The topological polar surface area (TPSA) is 121 Å². The van der Waals surface area contributed by atoms with Gasteiger partial charge >= 0.3 is 5.97 Å². The Morgan fingerprint density at radius 1 is 1.36 bits per heavy atom. The van der Waals surface area contributed by atoms with Crippen molar-refractivity contribution in [3.05, 3.63) is 41.7 Å². The summed E-state index contributed by atoms with van der Waals surface area (Å²) in [6, 6.07) is 6.41. The Bertz CT molecular complexity index is 808. The number of carboxylic acids is 2. The van der Waals surface area contributed by atoms with Crippen LogP contribution in [0.2, 0.25) is 0 Å². The fourth-order valence-electron chi connectivity index (χ4n) is 3.10. The Hall–Kier alpha value is -2.80. The maximum atomic E-state index is 9.53. The van der Waals surface area contributed by atoms with E-state index < -0.39 is 11.9 Å². The highest BCUT2D eigenvalue weighted by Gasteiger charge is 2.34. The van der Waals surface area contributed by atoms with Crippen molar-refractivity contribution < 1.29 is 29.1 Å². The molecule has 3 rings (SSSR count). The zero-order valence-electron chi connectivity index (χ0n) is 14.4. The third kappa shape index (κ3) is 4.19. The Morgan fingerprint density at radius 2 is 2.04 bits per heavy atom. The molecule has 134 valence electrons. The van der Waals surface area contributed by atoms with Gasteiger partial charge in [-0.25, -0.2) is 4.79 Å². The normalized spacial score (nSPS) is 22.3. The van der Waals surface area contributed by atoms with Crippen LogP contribution in [-0.4, -0.2) is 30.6 Å². The molecule has 0 spiro atoms. The number of anilines is 1. The van der Waals surface area contributed by atoms with Gasteiger partial charge < -0.3 is 30.1 Å². The minimum absolute atomic E-state index is 0.447. The van der Waals surface area contributed by atoms with E-state index in [1.54, 1.807) is 0 Å². The lowest BCUT2D eigenvalue weighted by Gasteiger charge is -2.29. The van der Waals surface area contributed by atoms with Crippen LogP contribution in [0.4, 0.5) is 5.69 Å². The lowest BCUT2D eigenvalue weighted by Crippen LogP contribution is -3.10. The van der Waals surface area contributed by atoms with Crippen molar-refractivity contribution in [2.24, 2.45) is 0 Å². The molecule has 4 N–H and O–H groups in total. The highest BCUT2D eigenvalue weighted by atomic mass is 16.4. The number of benzene rings is 1. The maximum absolute atomic E-state index is 9.53. The molecule has 2 heterocycles. The second-order valence-electron chi connectivity index (χ2n) is 6.30. The van der Waals surface area contributed by atoms with Crippen molar-refractivity contribution in [1.82, 2.24) is 0 Å². The molecule has 7 heteroatoms. The van der Waals surface area contributed by atoms with Crippen LogP contribution in [0.5, 0.6) is 0 Å². The zero-order chi connectivity index (χ0) is 18.7. The molecular weight excluding hydrogens is 324 g/mol. The van der Waals surface area contributed by atoms with Gasteiger partial charge in [-0.15, -0.1) is 0 Å². The summed E-state index contributed by atoms with van der Waals surface area (Å²) in [5.41, 5.74) is 9.01. The van der Waals surface area contributed by atoms with Crippen LogP contribution >= 0.6 is 0 Å². The number of rotatable bonds is 2. The Balaban J connectivity index is 0.000000242. The highest BCUT2D eigenvalue weighted by molar-refractivity contribution is 5.88. The molecule has 1 aliphatic heterocycles.